The Kier molecular flexibility index (Phi) is 1.87. The molecule has 0 amide bonds. The van der Waals surface area contributed by atoms with E-state index < -0.39 is 5.79 Å². The van der Waals surface area contributed by atoms with Crippen molar-refractivity contribution in [1.29, 1.82) is 0 Å². The first kappa shape index (κ1) is 9.52. The Hall–Kier alpha value is -1.70. The maximum atomic E-state index is 5.77. The Labute approximate surface area is 94.8 Å². The lowest BCUT2D eigenvalue weighted by Crippen LogP contribution is -2.33. The standard InChI is InChI=1S/C14H13O2/c1-3-14(2)15-12-8-10-6-4-5-7-11(10)9-13(12)16-14/h4-9H,1,3H2,2H3. The highest BCUT2D eigenvalue weighted by Crippen LogP contribution is 2.42. The van der Waals surface area contributed by atoms with Crippen LogP contribution in [0.3, 0.4) is 0 Å². The van der Waals surface area contributed by atoms with Crippen LogP contribution in [-0.2, 0) is 0 Å². The number of rotatable bonds is 1. The second-order valence-corrected chi connectivity index (χ2v) is 4.23. The zero-order valence-corrected chi connectivity index (χ0v) is 9.19. The molecule has 2 aromatic rings. The van der Waals surface area contributed by atoms with E-state index in [2.05, 4.69) is 19.1 Å². The maximum Gasteiger partial charge on any atom is 0.248 e. The average molecular weight is 213 g/mol. The number of fused-ring (bicyclic) bond motifs is 2. The van der Waals surface area contributed by atoms with Crippen LogP contribution in [0.1, 0.15) is 13.3 Å². The Bertz CT molecular complexity index is 501. The molecule has 0 aromatic heterocycles. The van der Waals surface area contributed by atoms with Gasteiger partial charge in [0.15, 0.2) is 11.5 Å². The minimum absolute atomic E-state index is 0.581. The van der Waals surface area contributed by atoms with Gasteiger partial charge in [0.05, 0.1) is 0 Å². The molecule has 1 aliphatic heterocycles. The first-order valence-electron chi connectivity index (χ1n) is 5.40. The lowest BCUT2D eigenvalue weighted by Gasteiger charge is -2.20. The molecule has 81 valence electrons. The fourth-order valence-corrected chi connectivity index (χ4v) is 1.95. The maximum absolute atomic E-state index is 5.77. The first-order valence-corrected chi connectivity index (χ1v) is 5.40. The third-order valence-electron chi connectivity index (χ3n) is 2.92. The van der Waals surface area contributed by atoms with E-state index in [4.69, 9.17) is 9.47 Å². The summed E-state index contributed by atoms with van der Waals surface area (Å²) in [4.78, 5) is 0. The van der Waals surface area contributed by atoms with Crippen LogP contribution in [0, 0.1) is 6.92 Å². The number of benzene rings is 2. The van der Waals surface area contributed by atoms with Crippen molar-refractivity contribution in [2.24, 2.45) is 0 Å². The number of ether oxygens (including phenoxy) is 2. The van der Waals surface area contributed by atoms with Gasteiger partial charge in [-0.2, -0.15) is 0 Å². The van der Waals surface area contributed by atoms with Crippen LogP contribution < -0.4 is 9.47 Å². The van der Waals surface area contributed by atoms with E-state index in [0.29, 0.717) is 6.42 Å². The quantitative estimate of drug-likeness (QED) is 0.721. The van der Waals surface area contributed by atoms with Gasteiger partial charge >= 0.3 is 0 Å². The molecular formula is C14H13O2. The molecule has 0 N–H and O–H groups in total. The van der Waals surface area contributed by atoms with Crippen molar-refractivity contribution in [1.82, 2.24) is 0 Å². The van der Waals surface area contributed by atoms with E-state index in [1.54, 1.807) is 0 Å². The van der Waals surface area contributed by atoms with Crippen molar-refractivity contribution in [3.05, 3.63) is 43.3 Å². The molecule has 1 heterocycles. The summed E-state index contributed by atoms with van der Waals surface area (Å²) in [5, 5.41) is 2.33. The molecule has 0 fully saturated rings. The SMILES string of the molecule is [CH2]CC1(C)Oc2cc3ccccc3cc2O1. The van der Waals surface area contributed by atoms with Crippen LogP contribution in [0.4, 0.5) is 0 Å². The van der Waals surface area contributed by atoms with Gasteiger partial charge in [0.2, 0.25) is 5.79 Å². The molecule has 1 radical (unpaired) electrons. The van der Waals surface area contributed by atoms with Crippen LogP contribution in [0.25, 0.3) is 10.8 Å². The van der Waals surface area contributed by atoms with Gasteiger partial charge in [-0.15, -0.1) is 0 Å². The minimum atomic E-state index is -0.611. The summed E-state index contributed by atoms with van der Waals surface area (Å²) in [5.41, 5.74) is 0. The fraction of sp³-hybridized carbons (Fsp3) is 0.214. The van der Waals surface area contributed by atoms with Crippen molar-refractivity contribution in [2.75, 3.05) is 0 Å². The van der Waals surface area contributed by atoms with Crippen LogP contribution in [0.15, 0.2) is 36.4 Å². The van der Waals surface area contributed by atoms with Gasteiger partial charge in [0.25, 0.3) is 0 Å². The Morgan fingerprint density at radius 3 is 2.00 bits per heavy atom. The van der Waals surface area contributed by atoms with E-state index in [-0.39, 0.29) is 0 Å². The molecule has 2 aromatic carbocycles. The molecule has 2 nitrogen and oxygen atoms in total. The zero-order valence-electron chi connectivity index (χ0n) is 9.19. The summed E-state index contributed by atoms with van der Waals surface area (Å²) in [6, 6.07) is 12.2. The van der Waals surface area contributed by atoms with Crippen LogP contribution in [-0.4, -0.2) is 5.79 Å². The normalized spacial score (nSPS) is 16.6. The fourth-order valence-electron chi connectivity index (χ4n) is 1.95. The lowest BCUT2D eigenvalue weighted by atomic mass is 10.1. The zero-order chi connectivity index (χ0) is 11.2. The number of hydrogen-bond acceptors (Lipinski definition) is 2. The lowest BCUT2D eigenvalue weighted by molar-refractivity contribution is -0.0587. The van der Waals surface area contributed by atoms with Gasteiger partial charge in [0.1, 0.15) is 0 Å². The van der Waals surface area contributed by atoms with E-state index in [1.165, 1.54) is 0 Å². The van der Waals surface area contributed by atoms with Crippen molar-refractivity contribution in [3.8, 4) is 11.5 Å². The van der Waals surface area contributed by atoms with Crippen molar-refractivity contribution >= 4 is 10.8 Å². The van der Waals surface area contributed by atoms with Crippen LogP contribution in [0.5, 0.6) is 11.5 Å². The summed E-state index contributed by atoms with van der Waals surface area (Å²) >= 11 is 0. The molecule has 0 saturated carbocycles. The van der Waals surface area contributed by atoms with E-state index in [1.807, 2.05) is 31.2 Å². The summed E-state index contributed by atoms with van der Waals surface area (Å²) in [6.45, 7) is 5.75. The molecule has 1 aliphatic rings. The summed E-state index contributed by atoms with van der Waals surface area (Å²) < 4.78 is 11.5. The second kappa shape index (κ2) is 3.14. The van der Waals surface area contributed by atoms with Crippen molar-refractivity contribution in [3.63, 3.8) is 0 Å². The summed E-state index contributed by atoms with van der Waals surface area (Å²) in [7, 11) is 0. The van der Waals surface area contributed by atoms with Crippen molar-refractivity contribution in [2.45, 2.75) is 19.1 Å². The summed E-state index contributed by atoms with van der Waals surface area (Å²) in [5.74, 6) is 1.01. The van der Waals surface area contributed by atoms with E-state index in [0.717, 1.165) is 22.3 Å². The molecule has 0 spiro atoms. The molecule has 0 saturated heterocycles. The van der Waals surface area contributed by atoms with Crippen molar-refractivity contribution < 1.29 is 9.47 Å². The van der Waals surface area contributed by atoms with Gasteiger partial charge in [-0.05, 0) is 29.8 Å². The molecule has 0 unspecified atom stereocenters. The Morgan fingerprint density at radius 2 is 1.56 bits per heavy atom. The van der Waals surface area contributed by atoms with Gasteiger partial charge in [0, 0.05) is 13.3 Å². The Balaban J connectivity index is 2.15. The molecule has 16 heavy (non-hydrogen) atoms. The Morgan fingerprint density at radius 1 is 1.06 bits per heavy atom. The van der Waals surface area contributed by atoms with Crippen LogP contribution >= 0.6 is 0 Å². The third-order valence-corrected chi connectivity index (χ3v) is 2.92. The van der Waals surface area contributed by atoms with Gasteiger partial charge in [-0.25, -0.2) is 0 Å². The number of hydrogen-bond donors (Lipinski definition) is 0. The average Bonchev–Trinajstić information content (AvgIpc) is 2.62. The highest BCUT2D eigenvalue weighted by Gasteiger charge is 2.34. The van der Waals surface area contributed by atoms with Gasteiger partial charge in [-0.3, -0.25) is 0 Å². The van der Waals surface area contributed by atoms with Crippen LogP contribution in [0.2, 0.25) is 0 Å². The van der Waals surface area contributed by atoms with Gasteiger partial charge < -0.3 is 9.47 Å². The largest absolute Gasteiger partial charge is 0.449 e. The molecule has 0 atom stereocenters. The minimum Gasteiger partial charge on any atom is -0.449 e. The topological polar surface area (TPSA) is 18.5 Å². The van der Waals surface area contributed by atoms with Gasteiger partial charge in [-0.1, -0.05) is 24.3 Å². The second-order valence-electron chi connectivity index (χ2n) is 4.23. The predicted molar refractivity (Wildman–Crippen MR) is 63.6 cm³/mol. The van der Waals surface area contributed by atoms with E-state index in [9.17, 15) is 0 Å². The highest BCUT2D eigenvalue weighted by atomic mass is 16.7. The highest BCUT2D eigenvalue weighted by molar-refractivity contribution is 5.86. The molecule has 0 bridgehead atoms. The smallest absolute Gasteiger partial charge is 0.248 e. The molecular weight excluding hydrogens is 200 g/mol. The van der Waals surface area contributed by atoms with E-state index >= 15 is 0 Å². The molecule has 2 heteroatoms. The first-order chi connectivity index (χ1) is 7.70. The predicted octanol–water partition coefficient (Wildman–Crippen LogP) is 3.55. The monoisotopic (exact) mass is 213 g/mol. The molecule has 0 aliphatic carbocycles. The third kappa shape index (κ3) is 1.33. The molecule has 3 rings (SSSR count). The summed E-state index contributed by atoms with van der Waals surface area (Å²) in [6.07, 6.45) is 0.581.